The van der Waals surface area contributed by atoms with Crippen molar-refractivity contribution in [3.8, 4) is 0 Å². The minimum atomic E-state index is -0.158. The molecule has 132 valence electrons. The molecular formula is C19H23N3O2S. The Morgan fingerprint density at radius 1 is 1.12 bits per heavy atom. The molecule has 3 heterocycles. The lowest BCUT2D eigenvalue weighted by Gasteiger charge is -2.27. The number of hydrogen-bond donors (Lipinski definition) is 1. The molecule has 1 saturated heterocycles. The maximum atomic E-state index is 12.0. The van der Waals surface area contributed by atoms with Gasteiger partial charge in [0, 0.05) is 30.8 Å². The second-order valence-electron chi connectivity index (χ2n) is 6.33. The van der Waals surface area contributed by atoms with E-state index >= 15 is 0 Å². The minimum Gasteiger partial charge on any atom is -0.357 e. The molecule has 0 bridgehead atoms. The third-order valence-corrected chi connectivity index (χ3v) is 5.35. The standard InChI is InChI=1S/C19H23N3O2S/c1-14-5-8-17(25-14)16(23)7-10-19(24)21-15-6-9-18(20-13-15)22-11-3-2-4-12-22/h5-6,8-9,13H,2-4,7,10-12H2,1H3,(H,21,24). The number of thiophene rings is 1. The molecule has 1 aliphatic rings. The molecule has 0 aliphatic carbocycles. The predicted molar refractivity (Wildman–Crippen MR) is 102 cm³/mol. The van der Waals surface area contributed by atoms with Crippen molar-refractivity contribution in [1.82, 2.24) is 4.98 Å². The highest BCUT2D eigenvalue weighted by molar-refractivity contribution is 7.14. The third kappa shape index (κ3) is 4.89. The number of nitrogens with zero attached hydrogens (tertiary/aromatic N) is 2. The first-order chi connectivity index (χ1) is 12.1. The van der Waals surface area contributed by atoms with Crippen molar-refractivity contribution in [2.75, 3.05) is 23.3 Å². The van der Waals surface area contributed by atoms with Crippen LogP contribution in [0.25, 0.3) is 0 Å². The van der Waals surface area contributed by atoms with Crippen molar-refractivity contribution in [3.05, 3.63) is 40.2 Å². The van der Waals surface area contributed by atoms with Gasteiger partial charge < -0.3 is 10.2 Å². The van der Waals surface area contributed by atoms with E-state index in [0.717, 1.165) is 28.7 Å². The van der Waals surface area contributed by atoms with Crippen LogP contribution in [0.3, 0.4) is 0 Å². The largest absolute Gasteiger partial charge is 0.357 e. The van der Waals surface area contributed by atoms with Crippen LogP contribution < -0.4 is 10.2 Å². The number of rotatable bonds is 6. The van der Waals surface area contributed by atoms with Crippen molar-refractivity contribution in [1.29, 1.82) is 0 Å². The van der Waals surface area contributed by atoms with Gasteiger partial charge in [0.05, 0.1) is 16.8 Å². The minimum absolute atomic E-state index is 0.0202. The predicted octanol–water partition coefficient (Wildman–Crippen LogP) is 4.04. The summed E-state index contributed by atoms with van der Waals surface area (Å²) in [5, 5.41) is 2.82. The summed E-state index contributed by atoms with van der Waals surface area (Å²) in [6.07, 6.45) is 5.80. The Balaban J connectivity index is 1.48. The molecule has 0 unspecified atom stereocenters. The first kappa shape index (κ1) is 17.6. The molecule has 2 aromatic heterocycles. The molecule has 5 nitrogen and oxygen atoms in total. The number of carbonyl (C=O) groups excluding carboxylic acids is 2. The van der Waals surface area contributed by atoms with Crippen molar-refractivity contribution in [3.63, 3.8) is 0 Å². The fourth-order valence-electron chi connectivity index (χ4n) is 2.93. The SMILES string of the molecule is Cc1ccc(C(=O)CCC(=O)Nc2ccc(N3CCCCC3)nc2)s1. The monoisotopic (exact) mass is 357 g/mol. The maximum absolute atomic E-state index is 12.0. The Morgan fingerprint density at radius 2 is 1.92 bits per heavy atom. The number of hydrogen-bond acceptors (Lipinski definition) is 5. The van der Waals surface area contributed by atoms with E-state index < -0.39 is 0 Å². The number of carbonyl (C=O) groups is 2. The second kappa shape index (κ2) is 8.25. The average Bonchev–Trinajstić information content (AvgIpc) is 3.08. The van der Waals surface area contributed by atoms with Crippen LogP contribution in [0.4, 0.5) is 11.5 Å². The summed E-state index contributed by atoms with van der Waals surface area (Å²) in [7, 11) is 0. The van der Waals surface area contributed by atoms with Gasteiger partial charge in [0.1, 0.15) is 5.82 Å². The molecule has 1 aliphatic heterocycles. The van der Waals surface area contributed by atoms with Gasteiger partial charge in [0.15, 0.2) is 5.78 Å². The highest BCUT2D eigenvalue weighted by Gasteiger charge is 2.13. The molecule has 25 heavy (non-hydrogen) atoms. The lowest BCUT2D eigenvalue weighted by molar-refractivity contribution is -0.116. The Hall–Kier alpha value is -2.21. The van der Waals surface area contributed by atoms with Crippen LogP contribution in [0.2, 0.25) is 0 Å². The summed E-state index contributed by atoms with van der Waals surface area (Å²) >= 11 is 1.47. The Labute approximate surface area is 152 Å². The van der Waals surface area contributed by atoms with Gasteiger partial charge in [-0.25, -0.2) is 4.98 Å². The van der Waals surface area contributed by atoms with Gasteiger partial charge in [0.2, 0.25) is 5.91 Å². The molecule has 1 amide bonds. The second-order valence-corrected chi connectivity index (χ2v) is 7.62. The van der Waals surface area contributed by atoms with Gasteiger partial charge in [-0.15, -0.1) is 11.3 Å². The number of aryl methyl sites for hydroxylation is 1. The van der Waals surface area contributed by atoms with Gasteiger partial charge >= 0.3 is 0 Å². The molecule has 0 aromatic carbocycles. The zero-order chi connectivity index (χ0) is 17.6. The molecule has 0 atom stereocenters. The molecule has 0 saturated carbocycles. The molecule has 6 heteroatoms. The molecule has 0 spiro atoms. The van der Waals surface area contributed by atoms with E-state index in [9.17, 15) is 9.59 Å². The Kier molecular flexibility index (Phi) is 5.81. The van der Waals surface area contributed by atoms with E-state index in [0.29, 0.717) is 5.69 Å². The fraction of sp³-hybridized carbons (Fsp3) is 0.421. The number of pyridine rings is 1. The van der Waals surface area contributed by atoms with Gasteiger partial charge in [-0.1, -0.05) is 0 Å². The van der Waals surface area contributed by atoms with E-state index in [1.54, 1.807) is 6.20 Å². The normalized spacial score (nSPS) is 14.4. The summed E-state index contributed by atoms with van der Waals surface area (Å²) in [6, 6.07) is 7.57. The molecule has 2 aromatic rings. The first-order valence-electron chi connectivity index (χ1n) is 8.72. The Bertz CT molecular complexity index is 733. The molecule has 1 N–H and O–H groups in total. The quantitative estimate of drug-likeness (QED) is 0.793. The summed E-state index contributed by atoms with van der Waals surface area (Å²) in [4.78, 5) is 32.6. The number of Topliss-reactive ketones (excluding diaryl/α,β-unsaturated/α-hetero) is 1. The van der Waals surface area contributed by atoms with Crippen LogP contribution in [-0.2, 0) is 4.79 Å². The summed E-state index contributed by atoms with van der Waals surface area (Å²) in [5.41, 5.74) is 0.671. The third-order valence-electron chi connectivity index (χ3n) is 4.31. The van der Waals surface area contributed by atoms with Gasteiger partial charge in [-0.3, -0.25) is 9.59 Å². The topological polar surface area (TPSA) is 62.3 Å². The molecular weight excluding hydrogens is 334 g/mol. The summed E-state index contributed by atoms with van der Waals surface area (Å²) in [5.74, 6) is 0.821. The first-order valence-corrected chi connectivity index (χ1v) is 9.54. The number of anilines is 2. The zero-order valence-corrected chi connectivity index (χ0v) is 15.3. The van der Waals surface area contributed by atoms with E-state index in [1.165, 1.54) is 30.6 Å². The van der Waals surface area contributed by atoms with Gasteiger partial charge in [-0.2, -0.15) is 0 Å². The van der Waals surface area contributed by atoms with Crippen LogP contribution >= 0.6 is 11.3 Å². The number of amides is 1. The number of aromatic nitrogens is 1. The lowest BCUT2D eigenvalue weighted by Crippen LogP contribution is -2.30. The van der Waals surface area contributed by atoms with Crippen LogP contribution in [0.5, 0.6) is 0 Å². The number of piperidine rings is 1. The zero-order valence-electron chi connectivity index (χ0n) is 14.5. The average molecular weight is 357 g/mol. The molecule has 3 rings (SSSR count). The Morgan fingerprint density at radius 3 is 2.56 bits per heavy atom. The van der Waals surface area contributed by atoms with Crippen molar-refractivity contribution in [2.24, 2.45) is 0 Å². The maximum Gasteiger partial charge on any atom is 0.224 e. The van der Waals surface area contributed by atoms with E-state index in [2.05, 4.69) is 15.2 Å². The van der Waals surface area contributed by atoms with Crippen LogP contribution in [-0.4, -0.2) is 29.8 Å². The van der Waals surface area contributed by atoms with Crippen LogP contribution in [0, 0.1) is 6.92 Å². The van der Waals surface area contributed by atoms with E-state index in [4.69, 9.17) is 0 Å². The van der Waals surface area contributed by atoms with Crippen molar-refractivity contribution in [2.45, 2.75) is 39.0 Å². The summed E-state index contributed by atoms with van der Waals surface area (Å²) in [6.45, 7) is 4.06. The van der Waals surface area contributed by atoms with E-state index in [-0.39, 0.29) is 24.5 Å². The molecule has 0 radical (unpaired) electrons. The van der Waals surface area contributed by atoms with Crippen molar-refractivity contribution < 1.29 is 9.59 Å². The van der Waals surface area contributed by atoms with Crippen LogP contribution in [0.15, 0.2) is 30.5 Å². The number of ketones is 1. The highest BCUT2D eigenvalue weighted by Crippen LogP contribution is 2.20. The van der Waals surface area contributed by atoms with Gasteiger partial charge in [-0.05, 0) is 50.5 Å². The van der Waals surface area contributed by atoms with Crippen molar-refractivity contribution >= 4 is 34.5 Å². The smallest absolute Gasteiger partial charge is 0.224 e. The van der Waals surface area contributed by atoms with Crippen LogP contribution in [0.1, 0.15) is 46.7 Å². The lowest BCUT2D eigenvalue weighted by atomic mass is 10.1. The summed E-state index contributed by atoms with van der Waals surface area (Å²) < 4.78 is 0. The van der Waals surface area contributed by atoms with Gasteiger partial charge in [0.25, 0.3) is 0 Å². The fourth-order valence-corrected chi connectivity index (χ4v) is 3.76. The number of nitrogens with one attached hydrogen (secondary N) is 1. The molecule has 1 fully saturated rings. The highest BCUT2D eigenvalue weighted by atomic mass is 32.1. The van der Waals surface area contributed by atoms with E-state index in [1.807, 2.05) is 31.2 Å².